The normalized spacial score (nSPS) is 11.5. The molecule has 0 saturated carbocycles. The first-order chi connectivity index (χ1) is 16.8. The van der Waals surface area contributed by atoms with Gasteiger partial charge in [0.2, 0.25) is 0 Å². The zero-order valence-electron chi connectivity index (χ0n) is 18.1. The van der Waals surface area contributed by atoms with Crippen LogP contribution in [0.1, 0.15) is 11.1 Å². The van der Waals surface area contributed by atoms with Crippen molar-refractivity contribution in [3.8, 4) is 12.1 Å². The lowest BCUT2D eigenvalue weighted by Crippen LogP contribution is -1.90. The molecule has 34 heavy (non-hydrogen) atoms. The van der Waals surface area contributed by atoms with Crippen molar-refractivity contribution in [1.82, 2.24) is 0 Å². The molecule has 0 radical (unpaired) electrons. The van der Waals surface area contributed by atoms with Gasteiger partial charge in [0.25, 0.3) is 0 Å². The first-order valence-corrected chi connectivity index (χ1v) is 11.2. The Kier molecular flexibility index (Phi) is 3.72. The Morgan fingerprint density at radius 2 is 0.794 bits per heavy atom. The summed E-state index contributed by atoms with van der Waals surface area (Å²) >= 11 is 0. The summed E-state index contributed by atoms with van der Waals surface area (Å²) in [7, 11) is 0. The van der Waals surface area contributed by atoms with E-state index in [4.69, 9.17) is 0 Å². The molecule has 0 saturated heterocycles. The minimum atomic E-state index is 0.676. The third-order valence-electron chi connectivity index (χ3n) is 7.05. The minimum absolute atomic E-state index is 0.676. The van der Waals surface area contributed by atoms with E-state index in [1.54, 1.807) is 0 Å². The Labute approximate surface area is 195 Å². The lowest BCUT2D eigenvalue weighted by Gasteiger charge is -2.15. The van der Waals surface area contributed by atoms with Crippen molar-refractivity contribution in [2.24, 2.45) is 0 Å². The van der Waals surface area contributed by atoms with E-state index in [1.165, 1.54) is 0 Å². The highest BCUT2D eigenvalue weighted by molar-refractivity contribution is 6.35. The summed E-state index contributed by atoms with van der Waals surface area (Å²) in [4.78, 5) is 0. The zero-order valence-corrected chi connectivity index (χ0v) is 18.1. The Morgan fingerprint density at radius 3 is 1.24 bits per heavy atom. The predicted molar refractivity (Wildman–Crippen MR) is 141 cm³/mol. The highest BCUT2D eigenvalue weighted by atomic mass is 14.3. The maximum Gasteiger partial charge on any atom is 0.0998 e. The maximum absolute atomic E-state index is 9.98. The van der Waals surface area contributed by atoms with Crippen molar-refractivity contribution in [2.75, 3.05) is 0 Å². The van der Waals surface area contributed by atoms with E-state index >= 15 is 0 Å². The molecule has 0 heterocycles. The molecule has 0 spiro atoms. The molecular formula is C32H16N2. The van der Waals surface area contributed by atoms with Gasteiger partial charge in [-0.2, -0.15) is 10.5 Å². The fourth-order valence-electron chi connectivity index (χ4n) is 5.59. The van der Waals surface area contributed by atoms with Gasteiger partial charge in [0.05, 0.1) is 23.3 Å². The molecule has 0 aromatic heterocycles. The van der Waals surface area contributed by atoms with Crippen LogP contribution in [-0.2, 0) is 0 Å². The fourth-order valence-corrected chi connectivity index (χ4v) is 5.59. The summed E-state index contributed by atoms with van der Waals surface area (Å²) in [5.41, 5.74) is 1.35. The molecule has 0 bridgehead atoms. The van der Waals surface area contributed by atoms with E-state index in [0.717, 1.165) is 64.6 Å². The smallest absolute Gasteiger partial charge is 0.0998 e. The summed E-state index contributed by atoms with van der Waals surface area (Å²) < 4.78 is 0. The number of hydrogen-bond donors (Lipinski definition) is 0. The molecule has 0 N–H and O–H groups in total. The molecule has 0 unspecified atom stereocenters. The van der Waals surface area contributed by atoms with Crippen molar-refractivity contribution >= 4 is 64.6 Å². The van der Waals surface area contributed by atoms with E-state index in [-0.39, 0.29) is 0 Å². The number of fused-ring (bicyclic) bond motifs is 11. The lowest BCUT2D eigenvalue weighted by molar-refractivity contribution is 1.51. The second-order valence-electron chi connectivity index (χ2n) is 8.75. The van der Waals surface area contributed by atoms with Crippen molar-refractivity contribution in [3.05, 3.63) is 108 Å². The molecule has 2 nitrogen and oxygen atoms in total. The van der Waals surface area contributed by atoms with E-state index < -0.39 is 0 Å². The summed E-state index contributed by atoms with van der Waals surface area (Å²) in [6.45, 7) is 0. The van der Waals surface area contributed by atoms with Crippen LogP contribution >= 0.6 is 0 Å². The molecular weight excluding hydrogens is 412 g/mol. The van der Waals surface area contributed by atoms with Crippen LogP contribution in [0.3, 0.4) is 0 Å². The van der Waals surface area contributed by atoms with Gasteiger partial charge >= 0.3 is 0 Å². The van der Waals surface area contributed by atoms with Crippen LogP contribution in [0.5, 0.6) is 0 Å². The van der Waals surface area contributed by atoms with Crippen LogP contribution < -0.4 is 0 Å². The molecule has 0 fully saturated rings. The first kappa shape index (κ1) is 18.6. The minimum Gasteiger partial charge on any atom is -0.192 e. The van der Waals surface area contributed by atoms with Gasteiger partial charge in [-0.1, -0.05) is 84.9 Å². The zero-order chi connectivity index (χ0) is 22.8. The number of rotatable bonds is 0. The van der Waals surface area contributed by atoms with Gasteiger partial charge in [-0.3, -0.25) is 0 Å². The number of benzene rings is 7. The number of hydrogen-bond acceptors (Lipinski definition) is 2. The highest BCUT2D eigenvalue weighted by Crippen LogP contribution is 2.42. The Balaban J connectivity index is 1.91. The fraction of sp³-hybridized carbons (Fsp3) is 0. The largest absolute Gasteiger partial charge is 0.192 e. The van der Waals surface area contributed by atoms with E-state index in [9.17, 15) is 10.5 Å². The quantitative estimate of drug-likeness (QED) is 0.228. The molecule has 0 aliphatic heterocycles. The summed E-state index contributed by atoms with van der Waals surface area (Å²) in [5, 5.41) is 32.9. The molecule has 7 aromatic rings. The van der Waals surface area contributed by atoms with Gasteiger partial charge in [0, 0.05) is 10.8 Å². The molecule has 154 valence electrons. The summed E-state index contributed by atoms with van der Waals surface area (Å²) in [6.07, 6.45) is 0. The van der Waals surface area contributed by atoms with Crippen molar-refractivity contribution < 1.29 is 0 Å². The Bertz CT molecular complexity index is 1930. The molecule has 7 rings (SSSR count). The average Bonchev–Trinajstić information content (AvgIpc) is 2.90. The first-order valence-electron chi connectivity index (χ1n) is 11.2. The van der Waals surface area contributed by atoms with Crippen molar-refractivity contribution in [2.45, 2.75) is 0 Å². The van der Waals surface area contributed by atoms with Crippen molar-refractivity contribution in [1.29, 1.82) is 10.5 Å². The van der Waals surface area contributed by atoms with Gasteiger partial charge in [0.15, 0.2) is 0 Å². The second kappa shape index (κ2) is 6.79. The maximum atomic E-state index is 9.98. The van der Waals surface area contributed by atoms with Gasteiger partial charge in [-0.15, -0.1) is 0 Å². The second-order valence-corrected chi connectivity index (χ2v) is 8.75. The molecule has 2 heteroatoms. The molecule has 0 aliphatic rings. The number of nitrogens with zero attached hydrogens (tertiary/aromatic N) is 2. The molecule has 0 amide bonds. The SMILES string of the molecule is N#Cc1cc2ccccc2c2c1ccc1ccc3ccc4c(C#N)cc5ccccc5c4c3c12. The van der Waals surface area contributed by atoms with E-state index in [2.05, 4.69) is 84.9 Å². The molecule has 0 atom stereocenters. The molecule has 0 aliphatic carbocycles. The lowest BCUT2D eigenvalue weighted by atomic mass is 9.87. The van der Waals surface area contributed by atoms with Crippen LogP contribution in [0.4, 0.5) is 0 Å². The topological polar surface area (TPSA) is 47.6 Å². The van der Waals surface area contributed by atoms with Gasteiger partial charge in [-0.25, -0.2) is 0 Å². The highest BCUT2D eigenvalue weighted by Gasteiger charge is 2.16. The van der Waals surface area contributed by atoms with Gasteiger partial charge < -0.3 is 0 Å². The monoisotopic (exact) mass is 428 g/mol. The third kappa shape index (κ3) is 2.37. The van der Waals surface area contributed by atoms with Crippen molar-refractivity contribution in [3.63, 3.8) is 0 Å². The summed E-state index contributed by atoms with van der Waals surface area (Å²) in [5.74, 6) is 0. The third-order valence-corrected chi connectivity index (χ3v) is 7.05. The van der Waals surface area contributed by atoms with Crippen LogP contribution in [0, 0.1) is 22.7 Å². The van der Waals surface area contributed by atoms with Crippen LogP contribution in [0.25, 0.3) is 64.6 Å². The Hall–Kier alpha value is -4.92. The Morgan fingerprint density at radius 1 is 0.382 bits per heavy atom. The van der Waals surface area contributed by atoms with Crippen LogP contribution in [0.2, 0.25) is 0 Å². The van der Waals surface area contributed by atoms with Gasteiger partial charge in [-0.05, 0) is 66.0 Å². The van der Waals surface area contributed by atoms with E-state index in [1.807, 2.05) is 24.3 Å². The predicted octanol–water partition coefficient (Wildman–Crippen LogP) is 8.35. The van der Waals surface area contributed by atoms with Crippen LogP contribution in [-0.4, -0.2) is 0 Å². The average molecular weight is 428 g/mol. The van der Waals surface area contributed by atoms with Crippen LogP contribution in [0.15, 0.2) is 97.1 Å². The standard InChI is InChI=1S/C32H16N2/c33-17-23-15-21-5-1-3-7-25(21)31-27(23)13-11-19-9-10-20-12-14-28-24(18-34)16-22-6-2-4-8-26(22)32(28)30(20)29(19)31/h1-16H. The molecule has 7 aromatic carbocycles. The number of nitriles is 2. The van der Waals surface area contributed by atoms with E-state index in [0.29, 0.717) is 11.1 Å². The summed E-state index contributed by atoms with van der Waals surface area (Å²) in [6, 6.07) is 38.0. The van der Waals surface area contributed by atoms with Gasteiger partial charge in [0.1, 0.15) is 0 Å².